The van der Waals surface area contributed by atoms with E-state index < -0.39 is 0 Å². The molecule has 0 fully saturated rings. The van der Waals surface area contributed by atoms with Crippen LogP contribution in [0.15, 0.2) is 77.4 Å². The van der Waals surface area contributed by atoms with E-state index in [4.69, 9.17) is 0 Å². The molecule has 4 nitrogen and oxygen atoms in total. The molecule has 5 heteroatoms. The van der Waals surface area contributed by atoms with Crippen molar-refractivity contribution >= 4 is 33.3 Å². The molecule has 0 spiro atoms. The molecule has 126 valence electrons. The van der Waals surface area contributed by atoms with E-state index in [1.165, 1.54) is 5.56 Å². The molecule has 0 aliphatic rings. The van der Waals surface area contributed by atoms with Crippen molar-refractivity contribution in [1.82, 2.24) is 10.3 Å². The van der Waals surface area contributed by atoms with Crippen molar-refractivity contribution in [2.24, 2.45) is 0 Å². The predicted molar refractivity (Wildman–Crippen MR) is 104 cm³/mol. The van der Waals surface area contributed by atoms with Crippen LogP contribution in [0.25, 0.3) is 0 Å². The number of nitrogens with zero attached hydrogens (tertiary/aromatic N) is 1. The zero-order chi connectivity index (χ0) is 17.5. The van der Waals surface area contributed by atoms with Crippen molar-refractivity contribution in [2.75, 3.05) is 11.9 Å². The highest BCUT2D eigenvalue weighted by molar-refractivity contribution is 9.10. The van der Waals surface area contributed by atoms with E-state index in [1.54, 1.807) is 18.3 Å². The molecule has 0 atom stereocenters. The number of benzene rings is 2. The number of nitrogens with one attached hydrogen (secondary N) is 2. The summed E-state index contributed by atoms with van der Waals surface area (Å²) in [6.45, 7) is 0.597. The molecule has 2 aromatic carbocycles. The topological polar surface area (TPSA) is 54.0 Å². The molecule has 3 rings (SSSR count). The van der Waals surface area contributed by atoms with Gasteiger partial charge in [0, 0.05) is 28.5 Å². The van der Waals surface area contributed by atoms with E-state index in [0.29, 0.717) is 17.9 Å². The third-order valence-corrected chi connectivity index (χ3v) is 4.15. The van der Waals surface area contributed by atoms with E-state index in [9.17, 15) is 4.79 Å². The standard InChI is InChI=1S/C20H18BrN3O/c21-17-7-4-8-18(14-17)24-19-13-16(10-12-22-19)20(25)23-11-9-15-5-2-1-3-6-15/h1-8,10,12-14H,9,11H2,(H,22,24)(H,23,25). The van der Waals surface area contributed by atoms with E-state index in [0.717, 1.165) is 16.6 Å². The van der Waals surface area contributed by atoms with E-state index in [1.807, 2.05) is 42.5 Å². The number of amides is 1. The fraction of sp³-hybridized carbons (Fsp3) is 0.100. The second kappa shape index (κ2) is 8.44. The molecule has 1 heterocycles. The molecule has 0 bridgehead atoms. The third-order valence-electron chi connectivity index (χ3n) is 3.66. The van der Waals surface area contributed by atoms with Crippen molar-refractivity contribution < 1.29 is 4.79 Å². The van der Waals surface area contributed by atoms with Crippen molar-refractivity contribution in [1.29, 1.82) is 0 Å². The van der Waals surface area contributed by atoms with Crippen molar-refractivity contribution in [3.63, 3.8) is 0 Å². The fourth-order valence-corrected chi connectivity index (χ4v) is 2.82. The Labute approximate surface area is 155 Å². The maximum atomic E-state index is 12.3. The number of anilines is 2. The average molecular weight is 396 g/mol. The summed E-state index contributed by atoms with van der Waals surface area (Å²) >= 11 is 3.44. The van der Waals surface area contributed by atoms with Crippen LogP contribution in [0.5, 0.6) is 0 Å². The highest BCUT2D eigenvalue weighted by Crippen LogP contribution is 2.19. The van der Waals surface area contributed by atoms with Crippen LogP contribution < -0.4 is 10.6 Å². The van der Waals surface area contributed by atoms with Crippen molar-refractivity contribution in [3.8, 4) is 0 Å². The Balaban J connectivity index is 1.59. The number of hydrogen-bond donors (Lipinski definition) is 2. The minimum atomic E-state index is -0.101. The summed E-state index contributed by atoms with van der Waals surface area (Å²) in [6, 6.07) is 21.3. The molecule has 1 aromatic heterocycles. The lowest BCUT2D eigenvalue weighted by Gasteiger charge is -2.09. The number of carbonyl (C=O) groups is 1. The number of rotatable bonds is 6. The van der Waals surface area contributed by atoms with Gasteiger partial charge in [-0.2, -0.15) is 0 Å². The number of carbonyl (C=O) groups excluding carboxylic acids is 1. The molecular formula is C20H18BrN3O. The zero-order valence-corrected chi connectivity index (χ0v) is 15.2. The summed E-state index contributed by atoms with van der Waals surface area (Å²) in [7, 11) is 0. The molecule has 0 saturated carbocycles. The smallest absolute Gasteiger partial charge is 0.251 e. The Bertz CT molecular complexity index is 852. The molecule has 1 amide bonds. The Morgan fingerprint density at radius 3 is 2.64 bits per heavy atom. The summed E-state index contributed by atoms with van der Waals surface area (Å²) in [5.41, 5.74) is 2.69. The number of hydrogen-bond acceptors (Lipinski definition) is 3. The summed E-state index contributed by atoms with van der Waals surface area (Å²) < 4.78 is 0.979. The van der Waals surface area contributed by atoms with Gasteiger partial charge in [-0.3, -0.25) is 4.79 Å². The summed E-state index contributed by atoms with van der Waals surface area (Å²) in [4.78, 5) is 16.6. The monoisotopic (exact) mass is 395 g/mol. The predicted octanol–water partition coefficient (Wildman–Crippen LogP) is 4.56. The first-order valence-corrected chi connectivity index (χ1v) is 8.81. The lowest BCUT2D eigenvalue weighted by Crippen LogP contribution is -2.25. The average Bonchev–Trinajstić information content (AvgIpc) is 2.63. The van der Waals surface area contributed by atoms with Crippen LogP contribution in [-0.2, 0) is 6.42 Å². The van der Waals surface area contributed by atoms with Gasteiger partial charge in [-0.05, 0) is 42.3 Å². The SMILES string of the molecule is O=C(NCCc1ccccc1)c1ccnc(Nc2cccc(Br)c2)c1. The van der Waals surface area contributed by atoms with Crippen molar-refractivity contribution in [3.05, 3.63) is 88.5 Å². The minimum Gasteiger partial charge on any atom is -0.352 e. The van der Waals surface area contributed by atoms with Crippen LogP contribution in [0.3, 0.4) is 0 Å². The van der Waals surface area contributed by atoms with E-state index in [-0.39, 0.29) is 5.91 Å². The van der Waals surface area contributed by atoms with E-state index >= 15 is 0 Å². The van der Waals surface area contributed by atoms with Crippen LogP contribution in [0.4, 0.5) is 11.5 Å². The molecule has 3 aromatic rings. The van der Waals surface area contributed by atoms with Gasteiger partial charge in [-0.15, -0.1) is 0 Å². The quantitative estimate of drug-likeness (QED) is 0.642. The Hall–Kier alpha value is -2.66. The fourth-order valence-electron chi connectivity index (χ4n) is 2.42. The van der Waals surface area contributed by atoms with Crippen LogP contribution in [0.2, 0.25) is 0 Å². The van der Waals surface area contributed by atoms with Gasteiger partial charge in [-0.25, -0.2) is 4.98 Å². The van der Waals surface area contributed by atoms with Gasteiger partial charge in [0.1, 0.15) is 5.82 Å². The van der Waals surface area contributed by atoms with Gasteiger partial charge in [0.25, 0.3) is 5.91 Å². The molecule has 0 aliphatic heterocycles. The molecule has 25 heavy (non-hydrogen) atoms. The van der Waals surface area contributed by atoms with Gasteiger partial charge in [-0.1, -0.05) is 52.3 Å². The maximum Gasteiger partial charge on any atom is 0.251 e. The highest BCUT2D eigenvalue weighted by Gasteiger charge is 2.07. The first kappa shape index (κ1) is 17.2. The Morgan fingerprint density at radius 1 is 1.00 bits per heavy atom. The van der Waals surface area contributed by atoms with Gasteiger partial charge in [0.05, 0.1) is 0 Å². The Kier molecular flexibility index (Phi) is 5.80. The van der Waals surface area contributed by atoms with Crippen LogP contribution in [0.1, 0.15) is 15.9 Å². The lowest BCUT2D eigenvalue weighted by atomic mass is 10.1. The zero-order valence-electron chi connectivity index (χ0n) is 13.6. The number of pyridine rings is 1. The summed E-state index contributed by atoms with van der Waals surface area (Å²) in [6.07, 6.45) is 2.44. The molecule has 0 radical (unpaired) electrons. The van der Waals surface area contributed by atoms with Gasteiger partial charge < -0.3 is 10.6 Å². The van der Waals surface area contributed by atoms with Crippen LogP contribution >= 0.6 is 15.9 Å². The van der Waals surface area contributed by atoms with Crippen LogP contribution in [-0.4, -0.2) is 17.4 Å². The normalized spacial score (nSPS) is 10.3. The second-order valence-electron chi connectivity index (χ2n) is 5.56. The second-order valence-corrected chi connectivity index (χ2v) is 6.47. The molecule has 0 aliphatic carbocycles. The van der Waals surface area contributed by atoms with Gasteiger partial charge in [0.15, 0.2) is 0 Å². The summed E-state index contributed by atoms with van der Waals surface area (Å²) in [5, 5.41) is 6.15. The van der Waals surface area contributed by atoms with E-state index in [2.05, 4.69) is 43.7 Å². The Morgan fingerprint density at radius 2 is 1.84 bits per heavy atom. The summed E-state index contributed by atoms with van der Waals surface area (Å²) in [5.74, 6) is 0.532. The molecule has 0 saturated heterocycles. The maximum absolute atomic E-state index is 12.3. The van der Waals surface area contributed by atoms with Gasteiger partial charge >= 0.3 is 0 Å². The largest absolute Gasteiger partial charge is 0.352 e. The third kappa shape index (κ3) is 5.16. The lowest BCUT2D eigenvalue weighted by molar-refractivity contribution is 0.0954. The van der Waals surface area contributed by atoms with Gasteiger partial charge in [0.2, 0.25) is 0 Å². The minimum absolute atomic E-state index is 0.101. The number of aromatic nitrogens is 1. The highest BCUT2D eigenvalue weighted by atomic mass is 79.9. The number of halogens is 1. The van der Waals surface area contributed by atoms with Crippen LogP contribution in [0, 0.1) is 0 Å². The molecular weight excluding hydrogens is 378 g/mol. The molecule has 0 unspecified atom stereocenters. The first-order valence-electron chi connectivity index (χ1n) is 8.01. The van der Waals surface area contributed by atoms with Crippen molar-refractivity contribution in [2.45, 2.75) is 6.42 Å². The first-order chi connectivity index (χ1) is 12.2. The molecule has 2 N–H and O–H groups in total.